The van der Waals surface area contributed by atoms with E-state index in [9.17, 15) is 4.79 Å². The molecule has 0 fully saturated rings. The summed E-state index contributed by atoms with van der Waals surface area (Å²) in [4.78, 5) is 13.4. The SMILES string of the molecule is COC(=O)C1CC=C(C#N)N(c2ccccc2)C1. The quantitative estimate of drug-likeness (QED) is 0.745. The Kier molecular flexibility index (Phi) is 3.63. The number of ether oxygens (including phenoxy) is 1. The van der Waals surface area contributed by atoms with E-state index in [2.05, 4.69) is 6.07 Å². The molecule has 4 heteroatoms. The van der Waals surface area contributed by atoms with Gasteiger partial charge < -0.3 is 9.64 Å². The van der Waals surface area contributed by atoms with E-state index >= 15 is 0 Å². The fourth-order valence-corrected chi connectivity index (χ4v) is 2.05. The Labute approximate surface area is 106 Å². The van der Waals surface area contributed by atoms with Gasteiger partial charge in [-0.1, -0.05) is 18.2 Å². The van der Waals surface area contributed by atoms with Crippen molar-refractivity contribution >= 4 is 11.7 Å². The molecule has 1 heterocycles. The van der Waals surface area contributed by atoms with Gasteiger partial charge >= 0.3 is 5.97 Å². The van der Waals surface area contributed by atoms with Gasteiger partial charge in [-0.25, -0.2) is 0 Å². The van der Waals surface area contributed by atoms with Crippen molar-refractivity contribution < 1.29 is 9.53 Å². The zero-order valence-electron chi connectivity index (χ0n) is 10.2. The van der Waals surface area contributed by atoms with E-state index in [0.29, 0.717) is 18.7 Å². The molecule has 0 amide bonds. The number of esters is 1. The topological polar surface area (TPSA) is 53.3 Å². The highest BCUT2D eigenvalue weighted by molar-refractivity contribution is 5.75. The molecule has 4 nitrogen and oxygen atoms in total. The largest absolute Gasteiger partial charge is 0.469 e. The van der Waals surface area contributed by atoms with Gasteiger partial charge in [0.25, 0.3) is 0 Å². The first kappa shape index (κ1) is 12.2. The molecule has 0 bridgehead atoms. The van der Waals surface area contributed by atoms with Crippen molar-refractivity contribution in [3.05, 3.63) is 42.1 Å². The summed E-state index contributed by atoms with van der Waals surface area (Å²) in [5.41, 5.74) is 1.50. The molecule has 0 aliphatic carbocycles. The zero-order chi connectivity index (χ0) is 13.0. The van der Waals surface area contributed by atoms with Crippen LogP contribution in [-0.2, 0) is 9.53 Å². The second-order valence-corrected chi connectivity index (χ2v) is 4.10. The van der Waals surface area contributed by atoms with Crippen LogP contribution in [0, 0.1) is 17.2 Å². The number of hydrogen-bond donors (Lipinski definition) is 0. The van der Waals surface area contributed by atoms with Gasteiger partial charge in [-0.2, -0.15) is 5.26 Å². The molecule has 1 atom stereocenters. The first-order valence-corrected chi connectivity index (χ1v) is 5.77. The Morgan fingerprint density at radius 2 is 2.17 bits per heavy atom. The third-order valence-electron chi connectivity index (χ3n) is 3.01. The Bertz CT molecular complexity index is 502. The summed E-state index contributed by atoms with van der Waals surface area (Å²) >= 11 is 0. The predicted molar refractivity (Wildman–Crippen MR) is 67.6 cm³/mol. The van der Waals surface area contributed by atoms with Crippen LogP contribution in [0.4, 0.5) is 5.69 Å². The Morgan fingerprint density at radius 1 is 1.44 bits per heavy atom. The number of anilines is 1. The van der Waals surface area contributed by atoms with Gasteiger partial charge in [-0.15, -0.1) is 0 Å². The molecular formula is C14H14N2O2. The summed E-state index contributed by atoms with van der Waals surface area (Å²) < 4.78 is 4.77. The number of carbonyl (C=O) groups excluding carboxylic acids is 1. The molecule has 1 unspecified atom stereocenters. The van der Waals surface area contributed by atoms with Crippen molar-refractivity contribution in [2.45, 2.75) is 6.42 Å². The van der Waals surface area contributed by atoms with Crippen LogP contribution in [0.3, 0.4) is 0 Å². The van der Waals surface area contributed by atoms with Crippen LogP contribution in [0.25, 0.3) is 0 Å². The van der Waals surface area contributed by atoms with Crippen molar-refractivity contribution in [1.29, 1.82) is 5.26 Å². The average molecular weight is 242 g/mol. The normalized spacial score (nSPS) is 18.8. The number of allylic oxidation sites excluding steroid dienone is 2. The minimum Gasteiger partial charge on any atom is -0.469 e. The number of para-hydroxylation sites is 1. The van der Waals surface area contributed by atoms with E-state index in [1.165, 1.54) is 7.11 Å². The highest BCUT2D eigenvalue weighted by Crippen LogP contribution is 2.26. The predicted octanol–water partition coefficient (Wildman–Crippen LogP) is 2.09. The van der Waals surface area contributed by atoms with Gasteiger partial charge in [0.1, 0.15) is 11.8 Å². The molecule has 1 aromatic rings. The standard InChI is InChI=1S/C14H14N2O2/c1-18-14(17)11-7-8-13(9-15)16(10-11)12-5-3-2-4-6-12/h2-6,8,11H,7,10H2,1H3. The number of hydrogen-bond acceptors (Lipinski definition) is 4. The molecule has 0 saturated carbocycles. The summed E-state index contributed by atoms with van der Waals surface area (Å²) in [6.07, 6.45) is 2.34. The lowest BCUT2D eigenvalue weighted by Crippen LogP contribution is -2.36. The first-order valence-electron chi connectivity index (χ1n) is 5.77. The zero-order valence-corrected chi connectivity index (χ0v) is 10.2. The average Bonchev–Trinajstić information content (AvgIpc) is 2.46. The van der Waals surface area contributed by atoms with Gasteiger partial charge in [0.15, 0.2) is 0 Å². The number of carbonyl (C=O) groups is 1. The number of nitriles is 1. The lowest BCUT2D eigenvalue weighted by molar-refractivity contribution is -0.145. The van der Waals surface area contributed by atoms with Crippen molar-refractivity contribution in [1.82, 2.24) is 0 Å². The minimum atomic E-state index is -0.232. The van der Waals surface area contributed by atoms with E-state index in [1.54, 1.807) is 6.08 Å². The minimum absolute atomic E-state index is 0.215. The molecule has 0 saturated heterocycles. The second kappa shape index (κ2) is 5.37. The summed E-state index contributed by atoms with van der Waals surface area (Å²) in [6, 6.07) is 11.7. The van der Waals surface area contributed by atoms with Gasteiger partial charge in [0.05, 0.1) is 13.0 Å². The molecule has 0 radical (unpaired) electrons. The van der Waals surface area contributed by atoms with Gasteiger partial charge in [0, 0.05) is 12.2 Å². The highest BCUT2D eigenvalue weighted by atomic mass is 16.5. The molecule has 0 aromatic heterocycles. The molecule has 0 N–H and O–H groups in total. The Morgan fingerprint density at radius 3 is 2.78 bits per heavy atom. The van der Waals surface area contributed by atoms with Crippen molar-refractivity contribution in [2.24, 2.45) is 5.92 Å². The van der Waals surface area contributed by atoms with Crippen LogP contribution >= 0.6 is 0 Å². The van der Waals surface area contributed by atoms with E-state index in [1.807, 2.05) is 35.2 Å². The maximum Gasteiger partial charge on any atom is 0.310 e. The molecule has 2 rings (SSSR count). The molecule has 0 spiro atoms. The maximum absolute atomic E-state index is 11.6. The molecular weight excluding hydrogens is 228 g/mol. The number of rotatable bonds is 2. The third kappa shape index (κ3) is 2.35. The second-order valence-electron chi connectivity index (χ2n) is 4.10. The Hall–Kier alpha value is -2.28. The van der Waals surface area contributed by atoms with Gasteiger partial charge in [0.2, 0.25) is 0 Å². The maximum atomic E-state index is 11.6. The summed E-state index contributed by atoms with van der Waals surface area (Å²) in [6.45, 7) is 0.482. The smallest absolute Gasteiger partial charge is 0.310 e. The fraction of sp³-hybridized carbons (Fsp3) is 0.286. The molecule has 1 aromatic carbocycles. The Balaban J connectivity index is 2.27. The van der Waals surface area contributed by atoms with Crippen molar-refractivity contribution in [2.75, 3.05) is 18.6 Å². The number of methoxy groups -OCH3 is 1. The van der Waals surface area contributed by atoms with Crippen LogP contribution in [0.2, 0.25) is 0 Å². The summed E-state index contributed by atoms with van der Waals surface area (Å²) in [7, 11) is 1.39. The van der Waals surface area contributed by atoms with E-state index in [0.717, 1.165) is 5.69 Å². The summed E-state index contributed by atoms with van der Waals surface area (Å²) in [5.74, 6) is -0.448. The van der Waals surface area contributed by atoms with Gasteiger partial charge in [-0.05, 0) is 24.6 Å². The third-order valence-corrected chi connectivity index (χ3v) is 3.01. The van der Waals surface area contributed by atoms with Crippen molar-refractivity contribution in [3.63, 3.8) is 0 Å². The van der Waals surface area contributed by atoms with E-state index < -0.39 is 0 Å². The molecule has 1 aliphatic rings. The van der Waals surface area contributed by atoms with Crippen LogP contribution in [0.15, 0.2) is 42.1 Å². The van der Waals surface area contributed by atoms with Crippen LogP contribution < -0.4 is 4.90 Å². The summed E-state index contributed by atoms with van der Waals surface area (Å²) in [5, 5.41) is 9.13. The fourth-order valence-electron chi connectivity index (χ4n) is 2.05. The van der Waals surface area contributed by atoms with Crippen LogP contribution in [0.5, 0.6) is 0 Å². The van der Waals surface area contributed by atoms with Crippen LogP contribution in [0.1, 0.15) is 6.42 Å². The van der Waals surface area contributed by atoms with Crippen molar-refractivity contribution in [3.8, 4) is 6.07 Å². The lowest BCUT2D eigenvalue weighted by Gasteiger charge is -2.30. The molecule has 18 heavy (non-hydrogen) atoms. The lowest BCUT2D eigenvalue weighted by atomic mass is 9.99. The van der Waals surface area contributed by atoms with E-state index in [4.69, 9.17) is 10.00 Å². The first-order chi connectivity index (χ1) is 8.76. The number of benzene rings is 1. The van der Waals surface area contributed by atoms with E-state index in [-0.39, 0.29) is 11.9 Å². The molecule has 1 aliphatic heterocycles. The molecule has 92 valence electrons. The van der Waals surface area contributed by atoms with Crippen LogP contribution in [-0.4, -0.2) is 19.6 Å². The van der Waals surface area contributed by atoms with Gasteiger partial charge in [-0.3, -0.25) is 4.79 Å². The number of nitrogens with zero attached hydrogens (tertiary/aromatic N) is 2. The monoisotopic (exact) mass is 242 g/mol. The highest BCUT2D eigenvalue weighted by Gasteiger charge is 2.27.